The van der Waals surface area contributed by atoms with E-state index in [1.807, 2.05) is 7.11 Å². The van der Waals surface area contributed by atoms with Gasteiger partial charge in [0.15, 0.2) is 0 Å². The molecule has 1 aliphatic rings. The van der Waals surface area contributed by atoms with E-state index in [1.54, 1.807) is 0 Å². The molecule has 156 valence electrons. The van der Waals surface area contributed by atoms with Gasteiger partial charge in [-0.05, 0) is 23.5 Å². The van der Waals surface area contributed by atoms with E-state index in [2.05, 4.69) is 110 Å². The fourth-order valence-electron chi connectivity index (χ4n) is 5.67. The normalized spacial score (nSPS) is 19.4. The second-order valence-electron chi connectivity index (χ2n) is 11.2. The van der Waals surface area contributed by atoms with Crippen molar-refractivity contribution in [3.05, 3.63) is 70.3 Å². The molecular weight excluding hydrogens is 368 g/mol. The molecule has 2 aromatic carbocycles. The first kappa shape index (κ1) is 21.9. The van der Waals surface area contributed by atoms with Crippen LogP contribution in [0.3, 0.4) is 0 Å². The van der Waals surface area contributed by atoms with Gasteiger partial charge in [-0.25, -0.2) is 0 Å². The number of benzene rings is 2. The lowest BCUT2D eigenvalue weighted by atomic mass is 9.68. The maximum absolute atomic E-state index is 6.14. The summed E-state index contributed by atoms with van der Waals surface area (Å²) < 4.78 is 6.14. The highest BCUT2D eigenvalue weighted by molar-refractivity contribution is 6.80. The highest BCUT2D eigenvalue weighted by Gasteiger charge is 2.57. The highest BCUT2D eigenvalue weighted by atomic mass is 28.3. The Hall–Kier alpha value is -1.80. The number of methoxy groups -OCH3 is 1. The van der Waals surface area contributed by atoms with Gasteiger partial charge in [-0.2, -0.15) is 0 Å². The van der Waals surface area contributed by atoms with Gasteiger partial charge in [0.2, 0.25) is 0 Å². The largest absolute Gasteiger partial charge is 0.496 e. The van der Waals surface area contributed by atoms with Gasteiger partial charge in [0.25, 0.3) is 0 Å². The molecule has 1 unspecified atom stereocenters. The smallest absolute Gasteiger partial charge is 0.126 e. The van der Waals surface area contributed by atoms with Crippen molar-refractivity contribution in [1.82, 2.24) is 0 Å². The van der Waals surface area contributed by atoms with Crippen molar-refractivity contribution in [2.45, 2.75) is 77.1 Å². The molecule has 2 heteroatoms. The second-order valence-corrected chi connectivity index (χ2v) is 16.5. The first-order valence-electron chi connectivity index (χ1n) is 10.8. The quantitative estimate of drug-likeness (QED) is 0.480. The minimum atomic E-state index is -1.70. The number of allylic oxidation sites excluding steroid dienone is 1. The fourth-order valence-corrected chi connectivity index (χ4v) is 9.30. The second kappa shape index (κ2) is 6.87. The Bertz CT molecular complexity index is 953. The van der Waals surface area contributed by atoms with E-state index in [0.29, 0.717) is 0 Å². The Morgan fingerprint density at radius 3 is 2.03 bits per heavy atom. The molecule has 1 aliphatic carbocycles. The molecule has 0 saturated carbocycles. The Balaban J connectivity index is 2.39. The molecule has 0 fully saturated rings. The van der Waals surface area contributed by atoms with Crippen molar-refractivity contribution in [2.75, 3.05) is 7.11 Å². The molecule has 0 heterocycles. The van der Waals surface area contributed by atoms with Crippen LogP contribution in [-0.2, 0) is 15.9 Å². The summed E-state index contributed by atoms with van der Waals surface area (Å²) >= 11 is 0. The van der Waals surface area contributed by atoms with Crippen LogP contribution < -0.4 is 4.74 Å². The van der Waals surface area contributed by atoms with Crippen LogP contribution in [0, 0.1) is 6.92 Å². The standard InChI is InChI=1S/C27H38OSi/c1-19-17-22(25(2,3)4)24(28-7)23(18-19)26(5,6)27(29(8,9)10)16-15-20-13-11-12-14-21(20)27/h11-18H,1-10H3. The number of rotatable bonds is 4. The van der Waals surface area contributed by atoms with Crippen molar-refractivity contribution in [3.8, 4) is 5.75 Å². The first-order valence-corrected chi connectivity index (χ1v) is 14.3. The van der Waals surface area contributed by atoms with Crippen LogP contribution >= 0.6 is 0 Å². The zero-order chi connectivity index (χ0) is 21.8. The number of hydrogen-bond acceptors (Lipinski definition) is 1. The van der Waals surface area contributed by atoms with Crippen LogP contribution in [0.1, 0.15) is 62.4 Å². The van der Waals surface area contributed by atoms with Crippen LogP contribution in [0.25, 0.3) is 6.08 Å². The summed E-state index contributed by atoms with van der Waals surface area (Å²) in [5, 5.41) is -0.00712. The van der Waals surface area contributed by atoms with Crippen molar-refractivity contribution in [1.29, 1.82) is 0 Å². The molecule has 0 aliphatic heterocycles. The van der Waals surface area contributed by atoms with E-state index >= 15 is 0 Å². The van der Waals surface area contributed by atoms with Gasteiger partial charge >= 0.3 is 0 Å². The topological polar surface area (TPSA) is 9.23 Å². The maximum atomic E-state index is 6.14. The van der Waals surface area contributed by atoms with Crippen molar-refractivity contribution >= 4 is 14.1 Å². The molecule has 0 saturated heterocycles. The van der Waals surface area contributed by atoms with E-state index < -0.39 is 8.07 Å². The van der Waals surface area contributed by atoms with Gasteiger partial charge < -0.3 is 4.74 Å². The first-order chi connectivity index (χ1) is 13.3. The van der Waals surface area contributed by atoms with Gasteiger partial charge in [0.1, 0.15) is 5.75 Å². The Morgan fingerprint density at radius 2 is 1.48 bits per heavy atom. The van der Waals surface area contributed by atoms with Gasteiger partial charge in [-0.3, -0.25) is 0 Å². The van der Waals surface area contributed by atoms with Gasteiger partial charge in [-0.1, -0.05) is 108 Å². The summed E-state index contributed by atoms with van der Waals surface area (Å²) in [4.78, 5) is 0. The molecule has 0 N–H and O–H groups in total. The Kier molecular flexibility index (Phi) is 5.19. The van der Waals surface area contributed by atoms with Crippen molar-refractivity contribution < 1.29 is 4.74 Å². The summed E-state index contributed by atoms with van der Waals surface area (Å²) in [6.45, 7) is 21.4. The molecule has 0 amide bonds. The lowest BCUT2D eigenvalue weighted by molar-refractivity contribution is 0.353. The molecule has 0 radical (unpaired) electrons. The Morgan fingerprint density at radius 1 is 0.897 bits per heavy atom. The molecule has 0 spiro atoms. The summed E-state index contributed by atoms with van der Waals surface area (Å²) in [5.74, 6) is 1.06. The van der Waals surface area contributed by atoms with Crippen LogP contribution in [0.15, 0.2) is 42.5 Å². The minimum Gasteiger partial charge on any atom is -0.496 e. The molecular formula is C27H38OSi. The van der Waals surface area contributed by atoms with Crippen LogP contribution in [-0.4, -0.2) is 15.2 Å². The summed E-state index contributed by atoms with van der Waals surface area (Å²) in [7, 11) is 0.130. The molecule has 3 rings (SSSR count). The predicted octanol–water partition coefficient (Wildman–Crippen LogP) is 7.42. The number of ether oxygens (including phenoxy) is 1. The summed E-state index contributed by atoms with van der Waals surface area (Å²) in [6.07, 6.45) is 4.87. The van der Waals surface area contributed by atoms with Crippen LogP contribution in [0.4, 0.5) is 0 Å². The van der Waals surface area contributed by atoms with Gasteiger partial charge in [0.05, 0.1) is 15.2 Å². The van der Waals surface area contributed by atoms with Crippen molar-refractivity contribution in [2.24, 2.45) is 0 Å². The zero-order valence-electron chi connectivity index (χ0n) is 20.0. The summed E-state index contributed by atoms with van der Waals surface area (Å²) in [6, 6.07) is 13.6. The van der Waals surface area contributed by atoms with E-state index in [0.717, 1.165) is 5.75 Å². The number of aryl methyl sites for hydroxylation is 1. The number of fused-ring (bicyclic) bond motifs is 1. The molecule has 29 heavy (non-hydrogen) atoms. The molecule has 0 aromatic heterocycles. The molecule has 0 bridgehead atoms. The van der Waals surface area contributed by atoms with E-state index in [4.69, 9.17) is 4.74 Å². The predicted molar refractivity (Wildman–Crippen MR) is 130 cm³/mol. The van der Waals surface area contributed by atoms with Gasteiger partial charge in [0, 0.05) is 21.6 Å². The molecule has 1 atom stereocenters. The molecule has 1 nitrogen and oxygen atoms in total. The van der Waals surface area contributed by atoms with E-state index in [-0.39, 0.29) is 15.9 Å². The third kappa shape index (κ3) is 3.20. The highest BCUT2D eigenvalue weighted by Crippen LogP contribution is 2.57. The lowest BCUT2D eigenvalue weighted by Crippen LogP contribution is -2.58. The van der Waals surface area contributed by atoms with E-state index in [1.165, 1.54) is 27.8 Å². The maximum Gasteiger partial charge on any atom is 0.126 e. The monoisotopic (exact) mass is 406 g/mol. The van der Waals surface area contributed by atoms with Crippen LogP contribution in [0.2, 0.25) is 19.6 Å². The van der Waals surface area contributed by atoms with Crippen molar-refractivity contribution in [3.63, 3.8) is 0 Å². The average molecular weight is 407 g/mol. The Labute approximate surface area is 179 Å². The average Bonchev–Trinajstić information content (AvgIpc) is 3.01. The fraction of sp³-hybridized carbons (Fsp3) is 0.481. The SMILES string of the molecule is COc1c(C(C)(C)C)cc(C)cc1C(C)(C)C1([Si](C)(C)C)C=Cc2ccccc21. The number of hydrogen-bond donors (Lipinski definition) is 0. The summed E-state index contributed by atoms with van der Waals surface area (Å²) in [5.41, 5.74) is 6.68. The van der Waals surface area contributed by atoms with Gasteiger partial charge in [-0.15, -0.1) is 0 Å². The van der Waals surface area contributed by atoms with Crippen LogP contribution in [0.5, 0.6) is 5.75 Å². The lowest BCUT2D eigenvalue weighted by Gasteiger charge is -2.53. The third-order valence-electron chi connectivity index (χ3n) is 6.99. The zero-order valence-corrected chi connectivity index (χ0v) is 21.0. The van der Waals surface area contributed by atoms with E-state index in [9.17, 15) is 0 Å². The molecule has 2 aromatic rings. The minimum absolute atomic E-state index is 0.00712. The third-order valence-corrected chi connectivity index (χ3v) is 10.4.